The van der Waals surface area contributed by atoms with Crippen LogP contribution in [0.25, 0.3) is 11.3 Å². The molecular weight excluding hydrogens is 353 g/mol. The quantitative estimate of drug-likeness (QED) is 0.879. The van der Waals surface area contributed by atoms with Crippen molar-refractivity contribution in [2.75, 3.05) is 38.5 Å². The molecule has 5 nitrogen and oxygen atoms in total. The normalized spacial score (nSPS) is 16.1. The third-order valence-corrected chi connectivity index (χ3v) is 4.77. The molecule has 1 aromatic heterocycles. The first-order valence-corrected chi connectivity index (χ1v) is 8.58. The summed E-state index contributed by atoms with van der Waals surface area (Å²) >= 11 is 1.24. The Morgan fingerprint density at radius 2 is 1.80 bits per heavy atom. The lowest BCUT2D eigenvalue weighted by Crippen LogP contribution is -2.48. The average Bonchev–Trinajstić information content (AvgIpc) is 3.03. The van der Waals surface area contributed by atoms with Gasteiger partial charge in [-0.1, -0.05) is 12.1 Å². The lowest BCUT2D eigenvalue weighted by molar-refractivity contribution is -0.137. The number of likely N-dealkylation sites (N-methyl/N-ethyl adjacent to an activating group) is 1. The first kappa shape index (κ1) is 17.7. The molecule has 3 rings (SSSR count). The van der Waals surface area contributed by atoms with Gasteiger partial charge in [-0.2, -0.15) is 13.2 Å². The van der Waals surface area contributed by atoms with Crippen molar-refractivity contribution >= 4 is 22.5 Å². The number of hydrogen-bond acceptors (Lipinski definition) is 4. The zero-order chi connectivity index (χ0) is 18.0. The second kappa shape index (κ2) is 7.01. The van der Waals surface area contributed by atoms with Crippen molar-refractivity contribution in [3.8, 4) is 11.3 Å². The number of urea groups is 1. The van der Waals surface area contributed by atoms with Gasteiger partial charge < -0.3 is 9.80 Å². The topological polar surface area (TPSA) is 48.5 Å². The molecule has 1 aliphatic rings. The van der Waals surface area contributed by atoms with Crippen LogP contribution in [0.5, 0.6) is 0 Å². The molecular formula is C16H17F3N4OS. The summed E-state index contributed by atoms with van der Waals surface area (Å²) in [6, 6.07) is 4.60. The molecule has 134 valence electrons. The molecule has 0 unspecified atom stereocenters. The number of alkyl halides is 3. The highest BCUT2D eigenvalue weighted by Gasteiger charge is 2.30. The maximum absolute atomic E-state index is 12.6. The van der Waals surface area contributed by atoms with Crippen molar-refractivity contribution < 1.29 is 18.0 Å². The average molecular weight is 370 g/mol. The van der Waals surface area contributed by atoms with Crippen molar-refractivity contribution in [1.82, 2.24) is 14.8 Å². The van der Waals surface area contributed by atoms with Crippen LogP contribution in [0.4, 0.5) is 23.1 Å². The van der Waals surface area contributed by atoms with Gasteiger partial charge >= 0.3 is 12.2 Å². The Kier molecular flexibility index (Phi) is 4.96. The van der Waals surface area contributed by atoms with Crippen LogP contribution in [0.2, 0.25) is 0 Å². The summed E-state index contributed by atoms with van der Waals surface area (Å²) in [5, 5.41) is 4.89. The number of nitrogens with one attached hydrogen (secondary N) is 1. The van der Waals surface area contributed by atoms with Crippen LogP contribution in [0, 0.1) is 0 Å². The molecule has 0 aliphatic carbocycles. The predicted molar refractivity (Wildman–Crippen MR) is 90.6 cm³/mol. The molecule has 1 aromatic carbocycles. The number of rotatable bonds is 2. The molecule has 1 N–H and O–H groups in total. The summed E-state index contributed by atoms with van der Waals surface area (Å²) in [5.41, 5.74) is 0.409. The fourth-order valence-corrected chi connectivity index (χ4v) is 3.18. The minimum absolute atomic E-state index is 0.207. The van der Waals surface area contributed by atoms with Gasteiger partial charge in [-0.15, -0.1) is 11.3 Å². The fraction of sp³-hybridized carbons (Fsp3) is 0.375. The van der Waals surface area contributed by atoms with E-state index in [4.69, 9.17) is 0 Å². The van der Waals surface area contributed by atoms with E-state index in [1.54, 1.807) is 10.3 Å². The van der Waals surface area contributed by atoms with E-state index in [0.29, 0.717) is 29.5 Å². The molecule has 2 amide bonds. The van der Waals surface area contributed by atoms with Crippen molar-refractivity contribution in [2.24, 2.45) is 0 Å². The number of anilines is 1. The molecule has 0 spiro atoms. The zero-order valence-electron chi connectivity index (χ0n) is 13.5. The van der Waals surface area contributed by atoms with Gasteiger partial charge in [-0.25, -0.2) is 9.78 Å². The highest BCUT2D eigenvalue weighted by atomic mass is 32.1. The minimum atomic E-state index is -4.36. The SMILES string of the molecule is CN1CCN(C(=O)Nc2nc(-c3ccc(C(F)(F)F)cc3)cs2)CC1. The molecule has 0 bridgehead atoms. The standard InChI is InChI=1S/C16H17F3N4OS/c1-22-6-8-23(9-7-22)15(24)21-14-20-13(10-25-14)11-2-4-12(5-3-11)16(17,18)19/h2-5,10H,6-9H2,1H3,(H,20,21,24). The number of hydrogen-bond donors (Lipinski definition) is 1. The van der Waals surface area contributed by atoms with E-state index in [1.807, 2.05) is 7.05 Å². The summed E-state index contributed by atoms with van der Waals surface area (Å²) in [5.74, 6) is 0. The van der Waals surface area contributed by atoms with Crippen molar-refractivity contribution in [2.45, 2.75) is 6.18 Å². The van der Waals surface area contributed by atoms with E-state index in [2.05, 4.69) is 15.2 Å². The Morgan fingerprint density at radius 1 is 1.16 bits per heavy atom. The van der Waals surface area contributed by atoms with E-state index in [-0.39, 0.29) is 6.03 Å². The Hall–Kier alpha value is -2.13. The largest absolute Gasteiger partial charge is 0.416 e. The van der Waals surface area contributed by atoms with Crippen LogP contribution in [0.3, 0.4) is 0 Å². The van der Waals surface area contributed by atoms with Gasteiger partial charge in [-0.05, 0) is 19.2 Å². The Labute approximate surface area is 147 Å². The molecule has 1 saturated heterocycles. The minimum Gasteiger partial charge on any atom is -0.322 e. The Bertz CT molecular complexity index is 737. The highest BCUT2D eigenvalue weighted by molar-refractivity contribution is 7.14. The zero-order valence-corrected chi connectivity index (χ0v) is 14.3. The van der Waals surface area contributed by atoms with Crippen LogP contribution >= 0.6 is 11.3 Å². The van der Waals surface area contributed by atoms with Gasteiger partial charge in [0.1, 0.15) is 0 Å². The van der Waals surface area contributed by atoms with Crippen LogP contribution < -0.4 is 5.32 Å². The lowest BCUT2D eigenvalue weighted by atomic mass is 10.1. The summed E-state index contributed by atoms with van der Waals surface area (Å²) in [6.07, 6.45) is -4.36. The first-order valence-electron chi connectivity index (χ1n) is 7.70. The molecule has 0 radical (unpaired) electrons. The Morgan fingerprint density at radius 3 is 2.40 bits per heavy atom. The molecule has 0 saturated carbocycles. The second-order valence-corrected chi connectivity index (χ2v) is 6.69. The van der Waals surface area contributed by atoms with Crippen LogP contribution in [-0.4, -0.2) is 54.0 Å². The van der Waals surface area contributed by atoms with Gasteiger partial charge in [0.15, 0.2) is 5.13 Å². The van der Waals surface area contributed by atoms with Gasteiger partial charge in [0, 0.05) is 37.1 Å². The molecule has 25 heavy (non-hydrogen) atoms. The molecule has 1 fully saturated rings. The van der Waals surface area contributed by atoms with Crippen molar-refractivity contribution in [3.05, 3.63) is 35.2 Å². The smallest absolute Gasteiger partial charge is 0.322 e. The summed E-state index contributed by atoms with van der Waals surface area (Å²) in [6.45, 7) is 2.95. The summed E-state index contributed by atoms with van der Waals surface area (Å²) in [4.78, 5) is 20.4. The van der Waals surface area contributed by atoms with Gasteiger partial charge in [0.2, 0.25) is 0 Å². The van der Waals surface area contributed by atoms with Crippen molar-refractivity contribution in [1.29, 1.82) is 0 Å². The molecule has 2 heterocycles. The van der Waals surface area contributed by atoms with Gasteiger partial charge in [-0.3, -0.25) is 5.32 Å². The van der Waals surface area contributed by atoms with E-state index in [9.17, 15) is 18.0 Å². The third kappa shape index (κ3) is 4.29. The van der Waals surface area contributed by atoms with E-state index < -0.39 is 11.7 Å². The van der Waals surface area contributed by atoms with Gasteiger partial charge in [0.05, 0.1) is 11.3 Å². The maximum atomic E-state index is 12.6. The van der Waals surface area contributed by atoms with E-state index >= 15 is 0 Å². The van der Waals surface area contributed by atoms with Crippen LogP contribution in [0.15, 0.2) is 29.6 Å². The molecule has 2 aromatic rings. The van der Waals surface area contributed by atoms with E-state index in [1.165, 1.54) is 23.5 Å². The molecule has 9 heteroatoms. The number of halogens is 3. The maximum Gasteiger partial charge on any atom is 0.416 e. The fourth-order valence-electron chi connectivity index (χ4n) is 2.47. The second-order valence-electron chi connectivity index (χ2n) is 5.83. The number of nitrogens with zero attached hydrogens (tertiary/aromatic N) is 3. The summed E-state index contributed by atoms with van der Waals surface area (Å²) in [7, 11) is 2.01. The Balaban J connectivity index is 1.65. The monoisotopic (exact) mass is 370 g/mol. The number of benzene rings is 1. The van der Waals surface area contributed by atoms with E-state index in [0.717, 1.165) is 25.2 Å². The number of carbonyl (C=O) groups excluding carboxylic acids is 1. The number of piperazine rings is 1. The number of amides is 2. The lowest BCUT2D eigenvalue weighted by Gasteiger charge is -2.32. The first-order chi connectivity index (χ1) is 11.8. The molecule has 0 atom stereocenters. The number of aromatic nitrogens is 1. The highest BCUT2D eigenvalue weighted by Crippen LogP contribution is 2.31. The predicted octanol–water partition coefficient (Wildman–Crippen LogP) is 3.61. The molecule has 1 aliphatic heterocycles. The number of thiazole rings is 1. The van der Waals surface area contributed by atoms with Crippen LogP contribution in [0.1, 0.15) is 5.56 Å². The van der Waals surface area contributed by atoms with Crippen molar-refractivity contribution in [3.63, 3.8) is 0 Å². The number of carbonyl (C=O) groups is 1. The summed E-state index contributed by atoms with van der Waals surface area (Å²) < 4.78 is 37.8. The van der Waals surface area contributed by atoms with Gasteiger partial charge in [0.25, 0.3) is 0 Å². The van der Waals surface area contributed by atoms with Crippen LogP contribution in [-0.2, 0) is 6.18 Å². The third-order valence-electron chi connectivity index (χ3n) is 4.02.